The van der Waals surface area contributed by atoms with Gasteiger partial charge in [0.1, 0.15) is 0 Å². The van der Waals surface area contributed by atoms with Crippen LogP contribution in [-0.2, 0) is 24.4 Å². The average molecular weight is 262 g/mol. The fraction of sp³-hybridized carbons (Fsp3) is 0.833. The maximum atomic E-state index is 12.7. The molecular formula is C6H8F2O7S. The summed E-state index contributed by atoms with van der Waals surface area (Å²) >= 11 is 0. The summed E-state index contributed by atoms with van der Waals surface area (Å²) < 4.78 is 62.2. The van der Waals surface area contributed by atoms with Crippen molar-refractivity contribution in [2.45, 2.75) is 24.1 Å². The summed E-state index contributed by atoms with van der Waals surface area (Å²) in [4.78, 5) is 10.7. The molecule has 0 radical (unpaired) electrons. The lowest BCUT2D eigenvalue weighted by Gasteiger charge is -2.17. The first-order valence-corrected chi connectivity index (χ1v) is 5.46. The molecule has 2 unspecified atom stereocenters. The zero-order valence-electron chi connectivity index (χ0n) is 7.67. The molecule has 1 aliphatic rings. The number of rotatable bonds is 3. The Morgan fingerprint density at radius 1 is 1.50 bits per heavy atom. The van der Waals surface area contributed by atoms with E-state index in [1.54, 1.807) is 0 Å². The summed E-state index contributed by atoms with van der Waals surface area (Å²) in [6.07, 6.45) is -3.00. The Bertz CT molecular complexity index is 378. The molecule has 0 amide bonds. The van der Waals surface area contributed by atoms with Crippen molar-refractivity contribution in [2.24, 2.45) is 0 Å². The van der Waals surface area contributed by atoms with E-state index in [1.165, 1.54) is 0 Å². The molecule has 94 valence electrons. The number of alkyl halides is 2. The Balaban J connectivity index is 2.72. The zero-order chi connectivity index (χ0) is 12.6. The lowest BCUT2D eigenvalue weighted by atomic mass is 10.3. The largest absolute Gasteiger partial charge is 0.465 e. The van der Waals surface area contributed by atoms with Gasteiger partial charge in [-0.2, -0.15) is 17.2 Å². The van der Waals surface area contributed by atoms with Gasteiger partial charge in [-0.25, -0.2) is 4.79 Å². The first-order chi connectivity index (χ1) is 7.16. The van der Waals surface area contributed by atoms with Crippen LogP contribution in [0.5, 0.6) is 0 Å². The van der Waals surface area contributed by atoms with Gasteiger partial charge in [-0.3, -0.25) is 4.55 Å². The van der Waals surface area contributed by atoms with Crippen LogP contribution in [0.25, 0.3) is 0 Å². The standard InChI is InChI=1S/C6H8F2O7S/c7-6(8,16(11,12)13)5(10)15-3-1-2-14-4(3)9/h3-4,9H,1-2H2,(H,11,12,13). The molecule has 0 aromatic heterocycles. The number of carbonyl (C=O) groups is 1. The minimum absolute atomic E-state index is 0.0173. The molecule has 1 heterocycles. The second-order valence-electron chi connectivity index (χ2n) is 2.99. The molecule has 7 nitrogen and oxygen atoms in total. The van der Waals surface area contributed by atoms with Crippen LogP contribution >= 0.6 is 0 Å². The summed E-state index contributed by atoms with van der Waals surface area (Å²) in [6.45, 7) is -0.0173. The van der Waals surface area contributed by atoms with Gasteiger partial charge < -0.3 is 14.6 Å². The summed E-state index contributed by atoms with van der Waals surface area (Å²) in [6, 6.07) is 0. The molecule has 2 N–H and O–H groups in total. The van der Waals surface area contributed by atoms with Gasteiger partial charge in [0.15, 0.2) is 12.4 Å². The third-order valence-electron chi connectivity index (χ3n) is 1.83. The van der Waals surface area contributed by atoms with Crippen LogP contribution in [0.3, 0.4) is 0 Å². The topological polar surface area (TPSA) is 110 Å². The van der Waals surface area contributed by atoms with Crippen LogP contribution in [0.2, 0.25) is 0 Å². The van der Waals surface area contributed by atoms with E-state index in [0.717, 1.165) is 0 Å². The second-order valence-corrected chi connectivity index (χ2v) is 4.45. The predicted octanol–water partition coefficient (Wildman–Crippen LogP) is -0.882. The third kappa shape index (κ3) is 2.45. The highest BCUT2D eigenvalue weighted by molar-refractivity contribution is 7.87. The van der Waals surface area contributed by atoms with Crippen molar-refractivity contribution in [3.63, 3.8) is 0 Å². The van der Waals surface area contributed by atoms with Crippen LogP contribution in [-0.4, -0.2) is 48.3 Å². The van der Waals surface area contributed by atoms with Crippen LogP contribution in [0.4, 0.5) is 8.78 Å². The molecular weight excluding hydrogens is 254 g/mol. The number of aliphatic hydroxyl groups is 1. The lowest BCUT2D eigenvalue weighted by Crippen LogP contribution is -2.42. The molecule has 16 heavy (non-hydrogen) atoms. The number of hydrogen-bond acceptors (Lipinski definition) is 6. The van der Waals surface area contributed by atoms with Crippen molar-refractivity contribution in [2.75, 3.05) is 6.61 Å². The highest BCUT2D eigenvalue weighted by Gasteiger charge is 2.55. The molecule has 1 aliphatic heterocycles. The van der Waals surface area contributed by atoms with Gasteiger partial charge >= 0.3 is 21.3 Å². The van der Waals surface area contributed by atoms with E-state index in [9.17, 15) is 22.0 Å². The SMILES string of the molecule is O=C(OC1CCOC1O)C(F)(F)S(=O)(=O)O. The van der Waals surface area contributed by atoms with Crippen molar-refractivity contribution in [3.8, 4) is 0 Å². The normalized spacial score (nSPS) is 26.8. The van der Waals surface area contributed by atoms with Gasteiger partial charge in [0, 0.05) is 6.42 Å². The Morgan fingerprint density at radius 2 is 2.06 bits per heavy atom. The van der Waals surface area contributed by atoms with E-state index in [1.807, 2.05) is 0 Å². The molecule has 1 saturated heterocycles. The van der Waals surface area contributed by atoms with Crippen molar-refractivity contribution in [1.29, 1.82) is 0 Å². The number of aliphatic hydroxyl groups excluding tert-OH is 1. The molecule has 10 heteroatoms. The molecule has 0 aromatic rings. The Morgan fingerprint density at radius 3 is 2.44 bits per heavy atom. The van der Waals surface area contributed by atoms with Gasteiger partial charge in [-0.1, -0.05) is 0 Å². The van der Waals surface area contributed by atoms with Crippen LogP contribution in [0.1, 0.15) is 6.42 Å². The maximum Gasteiger partial charge on any atom is 0.465 e. The molecule has 0 aliphatic carbocycles. The number of halogens is 2. The monoisotopic (exact) mass is 262 g/mol. The summed E-state index contributed by atoms with van der Waals surface area (Å²) in [5.74, 6) is -2.45. The minimum Gasteiger partial charge on any atom is -0.452 e. The smallest absolute Gasteiger partial charge is 0.452 e. The Hall–Kier alpha value is -0.840. The van der Waals surface area contributed by atoms with Crippen LogP contribution < -0.4 is 0 Å². The first-order valence-electron chi connectivity index (χ1n) is 4.02. The van der Waals surface area contributed by atoms with E-state index in [2.05, 4.69) is 9.47 Å². The molecule has 0 spiro atoms. The van der Waals surface area contributed by atoms with Crippen LogP contribution in [0.15, 0.2) is 0 Å². The summed E-state index contributed by atoms with van der Waals surface area (Å²) in [5, 5.41) is 3.89. The fourth-order valence-electron chi connectivity index (χ4n) is 0.983. The number of ether oxygens (including phenoxy) is 2. The Labute approximate surface area is 88.7 Å². The van der Waals surface area contributed by atoms with E-state index in [4.69, 9.17) is 9.66 Å². The molecule has 0 aromatic carbocycles. The zero-order valence-corrected chi connectivity index (χ0v) is 8.49. The number of esters is 1. The molecule has 1 fully saturated rings. The predicted molar refractivity (Wildman–Crippen MR) is 43.0 cm³/mol. The van der Waals surface area contributed by atoms with E-state index >= 15 is 0 Å². The van der Waals surface area contributed by atoms with Gasteiger partial charge in [0.25, 0.3) is 0 Å². The fourth-order valence-corrected chi connectivity index (χ4v) is 1.24. The van der Waals surface area contributed by atoms with E-state index in [0.29, 0.717) is 0 Å². The number of hydrogen-bond donors (Lipinski definition) is 2. The van der Waals surface area contributed by atoms with Gasteiger partial charge in [-0.15, -0.1) is 0 Å². The maximum absolute atomic E-state index is 12.7. The minimum atomic E-state index is -5.89. The molecule has 0 bridgehead atoms. The second kappa shape index (κ2) is 4.20. The van der Waals surface area contributed by atoms with Crippen molar-refractivity contribution < 1.29 is 41.1 Å². The van der Waals surface area contributed by atoms with Gasteiger partial charge in [0.2, 0.25) is 0 Å². The average Bonchev–Trinajstić information content (AvgIpc) is 2.49. The molecule has 0 saturated carbocycles. The van der Waals surface area contributed by atoms with Crippen molar-refractivity contribution >= 4 is 16.1 Å². The number of carbonyl (C=O) groups excluding carboxylic acids is 1. The quantitative estimate of drug-likeness (QED) is 0.501. The first kappa shape index (κ1) is 13.2. The van der Waals surface area contributed by atoms with E-state index in [-0.39, 0.29) is 13.0 Å². The Kier molecular flexibility index (Phi) is 3.47. The molecule has 2 atom stereocenters. The third-order valence-corrected chi connectivity index (χ3v) is 2.64. The van der Waals surface area contributed by atoms with Crippen molar-refractivity contribution in [1.82, 2.24) is 0 Å². The van der Waals surface area contributed by atoms with Gasteiger partial charge in [-0.05, 0) is 0 Å². The summed E-state index contributed by atoms with van der Waals surface area (Å²) in [5.41, 5.74) is 0. The van der Waals surface area contributed by atoms with Crippen LogP contribution in [0, 0.1) is 0 Å². The van der Waals surface area contributed by atoms with E-state index < -0.39 is 33.7 Å². The highest BCUT2D eigenvalue weighted by Crippen LogP contribution is 2.25. The lowest BCUT2D eigenvalue weighted by molar-refractivity contribution is -0.181. The summed E-state index contributed by atoms with van der Waals surface area (Å²) in [7, 11) is -5.89. The molecule has 1 rings (SSSR count). The van der Waals surface area contributed by atoms with Gasteiger partial charge in [0.05, 0.1) is 6.61 Å². The highest BCUT2D eigenvalue weighted by atomic mass is 32.2. The van der Waals surface area contributed by atoms with Crippen molar-refractivity contribution in [3.05, 3.63) is 0 Å².